The fourth-order valence-electron chi connectivity index (χ4n) is 2.62. The van der Waals surface area contributed by atoms with Gasteiger partial charge >= 0.3 is 0 Å². The van der Waals surface area contributed by atoms with Crippen LogP contribution in [-0.2, 0) is 0 Å². The number of ether oxygens (including phenoxy) is 1. The van der Waals surface area contributed by atoms with Gasteiger partial charge in [-0.2, -0.15) is 5.10 Å². The van der Waals surface area contributed by atoms with Crippen LogP contribution in [-0.4, -0.2) is 23.8 Å². The highest BCUT2D eigenvalue weighted by Gasteiger charge is 2.06. The molecule has 0 fully saturated rings. The Hall–Kier alpha value is -3.71. The molecule has 3 aromatic carbocycles. The molecule has 0 aliphatic carbocycles. The first kappa shape index (κ1) is 21.0. The van der Waals surface area contributed by atoms with Gasteiger partial charge in [0.05, 0.1) is 12.8 Å². The molecule has 152 valence electrons. The van der Waals surface area contributed by atoms with E-state index in [1.54, 1.807) is 31.4 Å². The monoisotopic (exact) mass is 418 g/mol. The fourth-order valence-corrected chi connectivity index (χ4v) is 2.85. The number of benzene rings is 3. The molecule has 0 unspecified atom stereocenters. The molecule has 0 heterocycles. The van der Waals surface area contributed by atoms with E-state index in [0.29, 0.717) is 22.1 Å². The summed E-state index contributed by atoms with van der Waals surface area (Å²) >= 11 is 5.33. The number of carbonyl (C=O) groups excluding carboxylic acids is 1. The molecule has 3 rings (SSSR count). The highest BCUT2D eigenvalue weighted by atomic mass is 32.1. The molecule has 1 amide bonds. The summed E-state index contributed by atoms with van der Waals surface area (Å²) in [5, 5.41) is 11.0. The van der Waals surface area contributed by atoms with Crippen LogP contribution in [0.25, 0.3) is 0 Å². The van der Waals surface area contributed by atoms with Crippen LogP contribution in [0.3, 0.4) is 0 Å². The van der Waals surface area contributed by atoms with Crippen molar-refractivity contribution in [3.05, 3.63) is 90.0 Å². The molecule has 0 radical (unpaired) electrons. The van der Waals surface area contributed by atoms with E-state index in [0.717, 1.165) is 16.9 Å². The molecule has 6 nitrogen and oxygen atoms in total. The van der Waals surface area contributed by atoms with Gasteiger partial charge in [0.25, 0.3) is 5.91 Å². The van der Waals surface area contributed by atoms with Crippen LogP contribution in [0.15, 0.2) is 84.0 Å². The van der Waals surface area contributed by atoms with Crippen molar-refractivity contribution in [3.63, 3.8) is 0 Å². The van der Waals surface area contributed by atoms with E-state index in [4.69, 9.17) is 17.0 Å². The lowest BCUT2D eigenvalue weighted by atomic mass is 10.1. The first-order valence-corrected chi connectivity index (χ1v) is 9.68. The molecule has 0 atom stereocenters. The van der Waals surface area contributed by atoms with Crippen molar-refractivity contribution >= 4 is 40.3 Å². The third-order valence-electron chi connectivity index (χ3n) is 4.27. The summed E-state index contributed by atoms with van der Waals surface area (Å²) in [5.74, 6) is 0.408. The van der Waals surface area contributed by atoms with Gasteiger partial charge in [-0.05, 0) is 73.2 Å². The van der Waals surface area contributed by atoms with Crippen molar-refractivity contribution in [2.75, 3.05) is 17.7 Å². The standard InChI is InChI=1S/C23H22N4O2S/c1-16(26-27-22(28)18-10-14-21(29-2)15-11-18)17-8-12-20(13-9-17)25-23(30)24-19-6-4-3-5-7-19/h3-15H,1-2H3,(H,27,28)(H2,24,25,30)/b26-16+. The van der Waals surface area contributed by atoms with Crippen LogP contribution in [0.2, 0.25) is 0 Å². The highest BCUT2D eigenvalue weighted by Crippen LogP contribution is 2.13. The van der Waals surface area contributed by atoms with Gasteiger partial charge in [-0.3, -0.25) is 4.79 Å². The number of para-hydroxylation sites is 1. The average Bonchev–Trinajstić information content (AvgIpc) is 2.78. The van der Waals surface area contributed by atoms with Gasteiger partial charge in [0.2, 0.25) is 0 Å². The number of hydrogen-bond acceptors (Lipinski definition) is 4. The Morgan fingerprint density at radius 2 is 1.40 bits per heavy atom. The Balaban J connectivity index is 1.56. The Kier molecular flexibility index (Phi) is 7.13. The minimum atomic E-state index is -0.285. The summed E-state index contributed by atoms with van der Waals surface area (Å²) in [7, 11) is 1.58. The topological polar surface area (TPSA) is 74.8 Å². The van der Waals surface area contributed by atoms with Crippen molar-refractivity contribution in [1.82, 2.24) is 5.43 Å². The second kappa shape index (κ2) is 10.2. The molecule has 0 aromatic heterocycles. The van der Waals surface area contributed by atoms with Crippen molar-refractivity contribution in [1.29, 1.82) is 0 Å². The number of nitrogens with zero attached hydrogens (tertiary/aromatic N) is 1. The van der Waals surface area contributed by atoms with E-state index in [1.807, 2.05) is 61.5 Å². The van der Waals surface area contributed by atoms with Crippen LogP contribution in [0.5, 0.6) is 5.75 Å². The highest BCUT2D eigenvalue weighted by molar-refractivity contribution is 7.80. The van der Waals surface area contributed by atoms with Gasteiger partial charge in [-0.25, -0.2) is 5.43 Å². The fraction of sp³-hybridized carbons (Fsp3) is 0.0870. The third-order valence-corrected chi connectivity index (χ3v) is 4.47. The number of methoxy groups -OCH3 is 1. The van der Waals surface area contributed by atoms with E-state index in [2.05, 4.69) is 21.2 Å². The normalized spacial score (nSPS) is 10.8. The predicted octanol–water partition coefficient (Wildman–Crippen LogP) is 4.66. The predicted molar refractivity (Wildman–Crippen MR) is 125 cm³/mol. The average molecular weight is 419 g/mol. The van der Waals surface area contributed by atoms with E-state index in [9.17, 15) is 4.79 Å². The van der Waals surface area contributed by atoms with E-state index >= 15 is 0 Å². The smallest absolute Gasteiger partial charge is 0.271 e. The van der Waals surface area contributed by atoms with Gasteiger partial charge in [0, 0.05) is 16.9 Å². The maximum absolute atomic E-state index is 12.2. The largest absolute Gasteiger partial charge is 0.497 e. The number of hydrazone groups is 1. The van der Waals surface area contributed by atoms with Crippen molar-refractivity contribution in [2.24, 2.45) is 5.10 Å². The third kappa shape index (κ3) is 5.89. The van der Waals surface area contributed by atoms with Crippen LogP contribution >= 0.6 is 12.2 Å². The summed E-state index contributed by atoms with van der Waals surface area (Å²) < 4.78 is 5.09. The molecule has 0 aliphatic heterocycles. The maximum atomic E-state index is 12.2. The summed E-state index contributed by atoms with van der Waals surface area (Å²) in [6, 6.07) is 24.2. The zero-order valence-electron chi connectivity index (χ0n) is 16.7. The molecule has 3 N–H and O–H groups in total. The Labute approximate surface area is 181 Å². The molecule has 30 heavy (non-hydrogen) atoms. The van der Waals surface area contributed by atoms with Crippen LogP contribution < -0.4 is 20.8 Å². The van der Waals surface area contributed by atoms with Gasteiger partial charge in [0.15, 0.2) is 5.11 Å². The number of thiocarbonyl (C=S) groups is 1. The van der Waals surface area contributed by atoms with E-state index in [-0.39, 0.29) is 5.91 Å². The molecule has 7 heteroatoms. The van der Waals surface area contributed by atoms with Crippen molar-refractivity contribution in [2.45, 2.75) is 6.92 Å². The maximum Gasteiger partial charge on any atom is 0.271 e. The lowest BCUT2D eigenvalue weighted by Crippen LogP contribution is -2.19. The van der Waals surface area contributed by atoms with Gasteiger partial charge in [0.1, 0.15) is 5.75 Å². The molecule has 0 aliphatic rings. The molecule has 0 bridgehead atoms. The lowest BCUT2D eigenvalue weighted by Gasteiger charge is -2.11. The second-order valence-corrected chi connectivity index (χ2v) is 6.80. The number of hydrogen-bond donors (Lipinski definition) is 3. The van der Waals surface area contributed by atoms with Crippen LogP contribution in [0.4, 0.5) is 11.4 Å². The first-order chi connectivity index (χ1) is 14.5. The van der Waals surface area contributed by atoms with Crippen molar-refractivity contribution in [3.8, 4) is 5.75 Å². The molecule has 0 spiro atoms. The quantitative estimate of drug-likeness (QED) is 0.308. The van der Waals surface area contributed by atoms with E-state index < -0.39 is 0 Å². The number of carbonyl (C=O) groups is 1. The summed E-state index contributed by atoms with van der Waals surface area (Å²) in [5.41, 5.74) is 6.42. The number of nitrogens with one attached hydrogen (secondary N) is 3. The lowest BCUT2D eigenvalue weighted by molar-refractivity contribution is 0.0955. The van der Waals surface area contributed by atoms with E-state index in [1.165, 1.54) is 0 Å². The van der Waals surface area contributed by atoms with Crippen LogP contribution in [0.1, 0.15) is 22.8 Å². The second-order valence-electron chi connectivity index (χ2n) is 6.39. The minimum Gasteiger partial charge on any atom is -0.497 e. The zero-order valence-corrected chi connectivity index (χ0v) is 17.5. The summed E-state index contributed by atoms with van der Waals surface area (Å²) in [6.07, 6.45) is 0. The molecular formula is C23H22N4O2S. The molecule has 0 saturated heterocycles. The number of amides is 1. The zero-order chi connectivity index (χ0) is 21.3. The van der Waals surface area contributed by atoms with Gasteiger partial charge < -0.3 is 15.4 Å². The summed E-state index contributed by atoms with van der Waals surface area (Å²) in [4.78, 5) is 12.2. The minimum absolute atomic E-state index is 0.285. The Morgan fingerprint density at radius 1 is 0.833 bits per heavy atom. The molecule has 0 saturated carbocycles. The Morgan fingerprint density at radius 3 is 2.00 bits per heavy atom. The van der Waals surface area contributed by atoms with Gasteiger partial charge in [-0.1, -0.05) is 30.3 Å². The van der Waals surface area contributed by atoms with Crippen LogP contribution in [0, 0.1) is 0 Å². The number of rotatable bonds is 6. The first-order valence-electron chi connectivity index (χ1n) is 9.27. The number of anilines is 2. The Bertz CT molecular complexity index is 1030. The molecule has 3 aromatic rings. The summed E-state index contributed by atoms with van der Waals surface area (Å²) in [6.45, 7) is 1.83. The van der Waals surface area contributed by atoms with Gasteiger partial charge in [-0.15, -0.1) is 0 Å². The SMILES string of the molecule is COc1ccc(C(=O)N/N=C(\C)c2ccc(NC(=S)Nc3ccccc3)cc2)cc1. The van der Waals surface area contributed by atoms with Crippen molar-refractivity contribution < 1.29 is 9.53 Å². The molecular weight excluding hydrogens is 396 g/mol.